The van der Waals surface area contributed by atoms with Crippen molar-refractivity contribution in [3.63, 3.8) is 0 Å². The van der Waals surface area contributed by atoms with E-state index in [1.807, 2.05) is 67.6 Å². The number of nitriles is 1. The number of hydrogen-bond donors (Lipinski definition) is 1. The number of nitrogens with one attached hydrogen (secondary N) is 1. The van der Waals surface area contributed by atoms with Gasteiger partial charge < -0.3 is 10.2 Å². The van der Waals surface area contributed by atoms with Crippen molar-refractivity contribution in [3.8, 4) is 6.07 Å². The molecule has 26 heavy (non-hydrogen) atoms. The average Bonchev–Trinajstić information content (AvgIpc) is 2.90. The SMILES string of the molecule is CC(Nc1ccc(C)cc1)=C1C(=O)C(=O)N(CC#N)C1c1ccccc1. The molecule has 0 radical (unpaired) electrons. The summed E-state index contributed by atoms with van der Waals surface area (Å²) in [6, 6.07) is 18.5. The molecule has 1 unspecified atom stereocenters. The van der Waals surface area contributed by atoms with E-state index in [4.69, 9.17) is 5.26 Å². The minimum Gasteiger partial charge on any atom is -0.359 e. The van der Waals surface area contributed by atoms with Gasteiger partial charge in [0.15, 0.2) is 0 Å². The van der Waals surface area contributed by atoms with Crippen LogP contribution in [-0.4, -0.2) is 23.1 Å². The fraction of sp³-hybridized carbons (Fsp3) is 0.190. The lowest BCUT2D eigenvalue weighted by atomic mass is 9.97. The van der Waals surface area contributed by atoms with Crippen molar-refractivity contribution in [1.29, 1.82) is 5.26 Å². The topological polar surface area (TPSA) is 73.2 Å². The van der Waals surface area contributed by atoms with Gasteiger partial charge in [0, 0.05) is 11.4 Å². The Kier molecular flexibility index (Phi) is 4.85. The summed E-state index contributed by atoms with van der Waals surface area (Å²) < 4.78 is 0. The lowest BCUT2D eigenvalue weighted by Gasteiger charge is -2.23. The maximum absolute atomic E-state index is 12.7. The number of carbonyl (C=O) groups is 2. The molecule has 1 heterocycles. The molecular weight excluding hydrogens is 326 g/mol. The molecule has 1 aliphatic rings. The highest BCUT2D eigenvalue weighted by molar-refractivity contribution is 6.45. The lowest BCUT2D eigenvalue weighted by Crippen LogP contribution is -2.30. The van der Waals surface area contributed by atoms with Gasteiger partial charge in [0.2, 0.25) is 0 Å². The molecule has 1 amide bonds. The van der Waals surface area contributed by atoms with Crippen molar-refractivity contribution >= 4 is 17.4 Å². The molecule has 1 N–H and O–H groups in total. The van der Waals surface area contributed by atoms with Crippen LogP contribution >= 0.6 is 0 Å². The second kappa shape index (κ2) is 7.24. The van der Waals surface area contributed by atoms with Gasteiger partial charge in [0.25, 0.3) is 11.7 Å². The van der Waals surface area contributed by atoms with Gasteiger partial charge in [-0.1, -0.05) is 48.0 Å². The van der Waals surface area contributed by atoms with Crippen LogP contribution in [0.5, 0.6) is 0 Å². The van der Waals surface area contributed by atoms with Crippen LogP contribution in [0.2, 0.25) is 0 Å². The zero-order chi connectivity index (χ0) is 18.7. The minimum atomic E-state index is -0.638. The van der Waals surface area contributed by atoms with Crippen LogP contribution < -0.4 is 5.32 Å². The van der Waals surface area contributed by atoms with E-state index in [2.05, 4.69) is 5.32 Å². The number of likely N-dealkylation sites (tertiary alicyclic amines) is 1. The van der Waals surface area contributed by atoms with Crippen LogP contribution in [0.1, 0.15) is 24.1 Å². The molecule has 3 rings (SSSR count). The Hall–Kier alpha value is -3.39. The van der Waals surface area contributed by atoms with Crippen LogP contribution in [-0.2, 0) is 9.59 Å². The molecule has 130 valence electrons. The second-order valence-corrected chi connectivity index (χ2v) is 6.26. The number of ketones is 1. The van der Waals surface area contributed by atoms with E-state index in [1.165, 1.54) is 4.90 Å². The van der Waals surface area contributed by atoms with Crippen LogP contribution in [0.4, 0.5) is 5.69 Å². The first kappa shape index (κ1) is 17.4. The molecule has 2 aromatic rings. The monoisotopic (exact) mass is 345 g/mol. The molecule has 1 fully saturated rings. The predicted octanol–water partition coefficient (Wildman–Crippen LogP) is 3.36. The number of carbonyl (C=O) groups excluding carboxylic acids is 2. The molecule has 1 saturated heterocycles. The number of nitrogens with zero attached hydrogens (tertiary/aromatic N) is 2. The minimum absolute atomic E-state index is 0.133. The largest absolute Gasteiger partial charge is 0.359 e. The summed E-state index contributed by atoms with van der Waals surface area (Å²) in [4.78, 5) is 26.4. The van der Waals surface area contributed by atoms with E-state index in [-0.39, 0.29) is 6.54 Å². The van der Waals surface area contributed by atoms with Gasteiger partial charge in [-0.3, -0.25) is 9.59 Å². The first-order valence-corrected chi connectivity index (χ1v) is 8.34. The average molecular weight is 345 g/mol. The third-order valence-electron chi connectivity index (χ3n) is 4.43. The normalized spacial score (nSPS) is 18.7. The first-order chi connectivity index (χ1) is 12.5. The number of allylic oxidation sites excluding steroid dienone is 1. The number of hydrogen-bond acceptors (Lipinski definition) is 4. The Labute approximate surface area is 152 Å². The van der Waals surface area contributed by atoms with Gasteiger partial charge in [0.05, 0.1) is 17.7 Å². The van der Waals surface area contributed by atoms with E-state index in [1.54, 1.807) is 6.92 Å². The summed E-state index contributed by atoms with van der Waals surface area (Å²) >= 11 is 0. The molecule has 0 spiro atoms. The zero-order valence-corrected chi connectivity index (χ0v) is 14.7. The molecule has 2 aromatic carbocycles. The number of Topliss-reactive ketones (excluding diaryl/α,β-unsaturated/α-hetero) is 1. The Morgan fingerprint density at radius 3 is 2.38 bits per heavy atom. The summed E-state index contributed by atoms with van der Waals surface area (Å²) in [7, 11) is 0. The van der Waals surface area contributed by atoms with E-state index in [9.17, 15) is 9.59 Å². The number of amides is 1. The molecule has 1 aliphatic heterocycles. The van der Waals surface area contributed by atoms with Gasteiger partial charge in [-0.25, -0.2) is 0 Å². The molecule has 0 bridgehead atoms. The maximum Gasteiger partial charge on any atom is 0.296 e. The number of aryl methyl sites for hydroxylation is 1. The summed E-state index contributed by atoms with van der Waals surface area (Å²) in [6.07, 6.45) is 0. The summed E-state index contributed by atoms with van der Waals surface area (Å²) in [6.45, 7) is 3.65. The standard InChI is InChI=1S/C21H19N3O2/c1-14-8-10-17(11-9-14)23-15(2)18-19(16-6-4-3-5-7-16)24(13-12-22)21(26)20(18)25/h3-11,19,23H,13H2,1-2H3. The Balaban J connectivity index is 2.06. The molecule has 0 aromatic heterocycles. The smallest absolute Gasteiger partial charge is 0.296 e. The molecule has 5 nitrogen and oxygen atoms in total. The zero-order valence-electron chi connectivity index (χ0n) is 14.7. The fourth-order valence-electron chi connectivity index (χ4n) is 3.16. The Morgan fingerprint density at radius 2 is 1.77 bits per heavy atom. The van der Waals surface area contributed by atoms with Crippen molar-refractivity contribution in [1.82, 2.24) is 4.90 Å². The van der Waals surface area contributed by atoms with Crippen LogP contribution in [0.15, 0.2) is 65.9 Å². The predicted molar refractivity (Wildman–Crippen MR) is 99.0 cm³/mol. The highest BCUT2D eigenvalue weighted by Crippen LogP contribution is 2.37. The van der Waals surface area contributed by atoms with Crippen LogP contribution in [0.25, 0.3) is 0 Å². The lowest BCUT2D eigenvalue weighted by molar-refractivity contribution is -0.139. The van der Waals surface area contributed by atoms with Crippen molar-refractivity contribution in [2.24, 2.45) is 0 Å². The van der Waals surface area contributed by atoms with Gasteiger partial charge in [-0.15, -0.1) is 0 Å². The van der Waals surface area contributed by atoms with Crippen molar-refractivity contribution in [2.75, 3.05) is 11.9 Å². The third-order valence-corrected chi connectivity index (χ3v) is 4.43. The van der Waals surface area contributed by atoms with E-state index < -0.39 is 17.7 Å². The quantitative estimate of drug-likeness (QED) is 0.524. The van der Waals surface area contributed by atoms with E-state index >= 15 is 0 Å². The molecule has 1 atom stereocenters. The number of anilines is 1. The second-order valence-electron chi connectivity index (χ2n) is 6.26. The number of rotatable bonds is 4. The molecule has 0 saturated carbocycles. The Bertz CT molecular complexity index is 909. The first-order valence-electron chi connectivity index (χ1n) is 8.34. The summed E-state index contributed by atoms with van der Waals surface area (Å²) in [5.74, 6) is -1.20. The molecular formula is C21H19N3O2. The van der Waals surface area contributed by atoms with Crippen LogP contribution in [0.3, 0.4) is 0 Å². The van der Waals surface area contributed by atoms with Gasteiger partial charge in [-0.05, 0) is 31.5 Å². The van der Waals surface area contributed by atoms with E-state index in [0.717, 1.165) is 16.8 Å². The van der Waals surface area contributed by atoms with Crippen molar-refractivity contribution in [2.45, 2.75) is 19.9 Å². The van der Waals surface area contributed by atoms with Gasteiger partial charge >= 0.3 is 0 Å². The van der Waals surface area contributed by atoms with Crippen molar-refractivity contribution < 1.29 is 9.59 Å². The third kappa shape index (κ3) is 3.22. The summed E-state index contributed by atoms with van der Waals surface area (Å²) in [5, 5.41) is 12.3. The highest BCUT2D eigenvalue weighted by Gasteiger charge is 2.44. The van der Waals surface area contributed by atoms with Crippen molar-refractivity contribution in [3.05, 3.63) is 77.0 Å². The number of benzene rings is 2. The van der Waals surface area contributed by atoms with Gasteiger partial charge in [-0.2, -0.15) is 5.26 Å². The highest BCUT2D eigenvalue weighted by atomic mass is 16.2. The van der Waals surface area contributed by atoms with Gasteiger partial charge in [0.1, 0.15) is 6.54 Å². The summed E-state index contributed by atoms with van der Waals surface area (Å²) in [5.41, 5.74) is 3.78. The van der Waals surface area contributed by atoms with E-state index in [0.29, 0.717) is 11.3 Å². The molecule has 5 heteroatoms. The fourth-order valence-corrected chi connectivity index (χ4v) is 3.16. The van der Waals surface area contributed by atoms with Crippen LogP contribution in [0, 0.1) is 18.3 Å². The maximum atomic E-state index is 12.7. The molecule has 0 aliphatic carbocycles. The Morgan fingerprint density at radius 1 is 1.12 bits per heavy atom.